The third-order valence-electron chi connectivity index (χ3n) is 2.97. The maximum Gasteiger partial charge on any atom is 0.0149 e. The van der Waals surface area contributed by atoms with Crippen LogP contribution >= 0.6 is 24.4 Å². The molecule has 3 heteroatoms. The minimum Gasteiger partial charge on any atom is -0.301 e. The first-order chi connectivity index (χ1) is 7.15. The van der Waals surface area contributed by atoms with Gasteiger partial charge in [0.2, 0.25) is 0 Å². The molecule has 1 rings (SSSR count). The molecule has 15 heavy (non-hydrogen) atoms. The van der Waals surface area contributed by atoms with Crippen LogP contribution in [-0.4, -0.2) is 40.8 Å². The summed E-state index contributed by atoms with van der Waals surface area (Å²) in [7, 11) is 0. The van der Waals surface area contributed by atoms with E-state index in [0.717, 1.165) is 22.2 Å². The maximum atomic E-state index is 4.46. The molecule has 0 radical (unpaired) electrons. The molecule has 90 valence electrons. The van der Waals surface area contributed by atoms with Crippen LogP contribution in [0.4, 0.5) is 0 Å². The van der Waals surface area contributed by atoms with Crippen molar-refractivity contribution in [3.8, 4) is 0 Å². The number of thioether (sulfide) groups is 1. The number of hydrogen-bond acceptors (Lipinski definition) is 3. The molecular formula is C12H25NS2. The van der Waals surface area contributed by atoms with Gasteiger partial charge in [-0.25, -0.2) is 0 Å². The van der Waals surface area contributed by atoms with Gasteiger partial charge in [0.1, 0.15) is 0 Å². The average Bonchev–Trinajstić information content (AvgIpc) is 2.15. The van der Waals surface area contributed by atoms with Crippen molar-refractivity contribution in [1.82, 2.24) is 4.90 Å². The largest absolute Gasteiger partial charge is 0.301 e. The van der Waals surface area contributed by atoms with Crippen LogP contribution in [0.25, 0.3) is 0 Å². The summed E-state index contributed by atoms with van der Waals surface area (Å²) in [4.78, 5) is 2.64. The lowest BCUT2D eigenvalue weighted by molar-refractivity contribution is 0.231. The van der Waals surface area contributed by atoms with Gasteiger partial charge >= 0.3 is 0 Å². The Hall–Kier alpha value is 0.660. The number of rotatable bonds is 5. The minimum atomic E-state index is 0.792. The van der Waals surface area contributed by atoms with E-state index >= 15 is 0 Å². The summed E-state index contributed by atoms with van der Waals surface area (Å²) in [6.07, 6.45) is 2.62. The van der Waals surface area contributed by atoms with E-state index in [4.69, 9.17) is 0 Å². The average molecular weight is 247 g/mol. The first-order valence-corrected chi connectivity index (χ1v) is 7.71. The summed E-state index contributed by atoms with van der Waals surface area (Å²) in [5, 5.41) is 1.60. The molecule has 0 amide bonds. The van der Waals surface area contributed by atoms with E-state index in [1.165, 1.54) is 32.5 Å². The van der Waals surface area contributed by atoms with Crippen LogP contribution in [0, 0.1) is 5.92 Å². The summed E-state index contributed by atoms with van der Waals surface area (Å²) in [5.74, 6) is 1.83. The normalized spacial score (nSPS) is 30.4. The van der Waals surface area contributed by atoms with Crippen molar-refractivity contribution < 1.29 is 0 Å². The lowest BCUT2D eigenvalue weighted by Gasteiger charge is -2.36. The van der Waals surface area contributed by atoms with Gasteiger partial charge in [0.25, 0.3) is 0 Å². The zero-order chi connectivity index (χ0) is 11.3. The zero-order valence-corrected chi connectivity index (χ0v) is 12.0. The topological polar surface area (TPSA) is 3.24 Å². The molecular weight excluding hydrogens is 222 g/mol. The molecule has 0 aromatic heterocycles. The third kappa shape index (κ3) is 5.01. The molecule has 3 atom stereocenters. The van der Waals surface area contributed by atoms with Crippen molar-refractivity contribution in [3.63, 3.8) is 0 Å². The lowest BCUT2D eigenvalue weighted by Crippen LogP contribution is -2.43. The lowest BCUT2D eigenvalue weighted by atomic mass is 10.1. The van der Waals surface area contributed by atoms with Gasteiger partial charge in [-0.2, -0.15) is 24.4 Å². The highest BCUT2D eigenvalue weighted by atomic mass is 32.2. The second kappa shape index (κ2) is 7.08. The number of hydrogen-bond donors (Lipinski definition) is 1. The molecule has 0 aliphatic carbocycles. The standard InChI is InChI=1S/C12H25NS2/c1-4-5-12(9-14)8-13-6-10(2)15-11(3)7-13/h10-12,14H,4-9H2,1-3H3. The fourth-order valence-electron chi connectivity index (χ4n) is 2.45. The van der Waals surface area contributed by atoms with Crippen molar-refractivity contribution in [1.29, 1.82) is 0 Å². The van der Waals surface area contributed by atoms with Crippen LogP contribution in [0.5, 0.6) is 0 Å². The van der Waals surface area contributed by atoms with Gasteiger partial charge in [-0.15, -0.1) is 0 Å². The highest BCUT2D eigenvalue weighted by Crippen LogP contribution is 2.25. The predicted octanol–water partition coefficient (Wildman–Crippen LogP) is 3.16. The molecule has 0 aromatic rings. The Balaban J connectivity index is 2.35. The monoisotopic (exact) mass is 247 g/mol. The quantitative estimate of drug-likeness (QED) is 0.744. The van der Waals surface area contributed by atoms with Crippen molar-refractivity contribution >= 4 is 24.4 Å². The Labute approximate surface area is 105 Å². The molecule has 0 spiro atoms. The van der Waals surface area contributed by atoms with Gasteiger partial charge < -0.3 is 4.90 Å². The summed E-state index contributed by atoms with van der Waals surface area (Å²) < 4.78 is 0. The molecule has 0 bridgehead atoms. The fraction of sp³-hybridized carbons (Fsp3) is 1.00. The molecule has 1 fully saturated rings. The van der Waals surface area contributed by atoms with Crippen LogP contribution in [0.3, 0.4) is 0 Å². The molecule has 3 unspecified atom stereocenters. The van der Waals surface area contributed by atoms with Gasteiger partial charge in [-0.1, -0.05) is 27.2 Å². The van der Waals surface area contributed by atoms with E-state index in [2.05, 4.69) is 50.1 Å². The van der Waals surface area contributed by atoms with Crippen molar-refractivity contribution in [3.05, 3.63) is 0 Å². The summed E-state index contributed by atoms with van der Waals surface area (Å²) >= 11 is 6.59. The highest BCUT2D eigenvalue weighted by molar-refractivity contribution is 8.00. The van der Waals surface area contributed by atoms with Crippen molar-refractivity contribution in [2.75, 3.05) is 25.4 Å². The van der Waals surface area contributed by atoms with Gasteiger partial charge in [-0.3, -0.25) is 0 Å². The van der Waals surface area contributed by atoms with E-state index < -0.39 is 0 Å². The van der Waals surface area contributed by atoms with E-state index in [-0.39, 0.29) is 0 Å². The van der Waals surface area contributed by atoms with Crippen molar-refractivity contribution in [2.45, 2.75) is 44.1 Å². The van der Waals surface area contributed by atoms with Gasteiger partial charge in [0.05, 0.1) is 0 Å². The zero-order valence-electron chi connectivity index (χ0n) is 10.3. The van der Waals surface area contributed by atoms with Crippen LogP contribution < -0.4 is 0 Å². The minimum absolute atomic E-state index is 0.792. The molecule has 0 saturated carbocycles. The molecule has 0 N–H and O–H groups in total. The number of nitrogens with zero attached hydrogens (tertiary/aromatic N) is 1. The molecule has 1 nitrogen and oxygen atoms in total. The Morgan fingerprint density at radius 1 is 1.33 bits per heavy atom. The van der Waals surface area contributed by atoms with E-state index in [1.54, 1.807) is 0 Å². The summed E-state index contributed by atoms with van der Waals surface area (Å²) in [6, 6.07) is 0. The molecule has 0 aromatic carbocycles. The van der Waals surface area contributed by atoms with Crippen LogP contribution in [0.1, 0.15) is 33.6 Å². The SMILES string of the molecule is CCCC(CS)CN1CC(C)SC(C)C1. The van der Waals surface area contributed by atoms with Gasteiger partial charge in [0.15, 0.2) is 0 Å². The van der Waals surface area contributed by atoms with E-state index in [1.807, 2.05) is 0 Å². The van der Waals surface area contributed by atoms with E-state index in [9.17, 15) is 0 Å². The smallest absolute Gasteiger partial charge is 0.0149 e. The number of thiol groups is 1. The second-order valence-corrected chi connectivity index (χ2v) is 7.06. The first-order valence-electron chi connectivity index (χ1n) is 6.14. The second-order valence-electron chi connectivity index (χ2n) is 4.81. The van der Waals surface area contributed by atoms with Crippen LogP contribution in [0.15, 0.2) is 0 Å². The predicted molar refractivity (Wildman–Crippen MR) is 75.2 cm³/mol. The molecule has 1 heterocycles. The Morgan fingerprint density at radius 3 is 2.40 bits per heavy atom. The Bertz CT molecular complexity index is 165. The van der Waals surface area contributed by atoms with Crippen LogP contribution in [0.2, 0.25) is 0 Å². The molecule has 1 saturated heterocycles. The third-order valence-corrected chi connectivity index (χ3v) is 4.71. The molecule has 1 aliphatic rings. The first kappa shape index (κ1) is 13.7. The van der Waals surface area contributed by atoms with Gasteiger partial charge in [-0.05, 0) is 18.1 Å². The van der Waals surface area contributed by atoms with E-state index in [0.29, 0.717) is 0 Å². The summed E-state index contributed by atoms with van der Waals surface area (Å²) in [5.41, 5.74) is 0. The fourth-order valence-corrected chi connectivity index (χ4v) is 4.13. The molecule has 1 aliphatic heterocycles. The van der Waals surface area contributed by atoms with Crippen LogP contribution in [-0.2, 0) is 0 Å². The Morgan fingerprint density at radius 2 is 1.93 bits per heavy atom. The summed E-state index contributed by atoms with van der Waals surface area (Å²) in [6.45, 7) is 10.8. The highest BCUT2D eigenvalue weighted by Gasteiger charge is 2.23. The Kier molecular flexibility index (Phi) is 6.48. The van der Waals surface area contributed by atoms with Crippen molar-refractivity contribution in [2.24, 2.45) is 5.92 Å². The van der Waals surface area contributed by atoms with Gasteiger partial charge in [0, 0.05) is 30.1 Å². The maximum absolute atomic E-state index is 4.46.